The number of amides is 2. The number of alkyl halides is 3. The van der Waals surface area contributed by atoms with Crippen LogP contribution < -0.4 is 24.8 Å². The van der Waals surface area contributed by atoms with Crippen molar-refractivity contribution in [3.05, 3.63) is 83.9 Å². The first kappa shape index (κ1) is 33.4. The summed E-state index contributed by atoms with van der Waals surface area (Å²) in [6.45, 7) is 1.55. The third-order valence-corrected chi connectivity index (χ3v) is 8.42. The van der Waals surface area contributed by atoms with E-state index in [2.05, 4.69) is 34.7 Å². The summed E-state index contributed by atoms with van der Waals surface area (Å²) in [6.07, 6.45) is -1.14. The molecule has 242 valence electrons. The molecule has 3 atom stereocenters. The number of carboxylic acid groups (broad SMARTS) is 1. The number of methoxy groups -OCH3 is 2. The van der Waals surface area contributed by atoms with Gasteiger partial charge in [0.1, 0.15) is 12.4 Å². The second-order valence-electron chi connectivity index (χ2n) is 11.1. The Labute approximate surface area is 260 Å². The van der Waals surface area contributed by atoms with Crippen molar-refractivity contribution in [1.82, 2.24) is 10.2 Å². The summed E-state index contributed by atoms with van der Waals surface area (Å²) in [4.78, 5) is 24.2. The third kappa shape index (κ3) is 8.39. The highest BCUT2D eigenvalue weighted by atomic mass is 19.4. The predicted octanol–water partition coefficient (Wildman–Crippen LogP) is 6.23. The molecule has 1 saturated carbocycles. The number of benzene rings is 3. The van der Waals surface area contributed by atoms with Gasteiger partial charge in [0.05, 0.1) is 14.2 Å². The van der Waals surface area contributed by atoms with Gasteiger partial charge in [-0.3, -0.25) is 0 Å². The average Bonchev–Trinajstić information content (AvgIpc) is 3.37. The van der Waals surface area contributed by atoms with E-state index in [-0.39, 0.29) is 17.5 Å². The lowest BCUT2D eigenvalue weighted by Crippen LogP contribution is -2.52. The van der Waals surface area contributed by atoms with Crippen LogP contribution in [0.3, 0.4) is 0 Å². The van der Waals surface area contributed by atoms with Gasteiger partial charge >= 0.3 is 18.2 Å². The fourth-order valence-corrected chi connectivity index (χ4v) is 6.12. The molecule has 1 aliphatic carbocycles. The SMILES string of the molecule is COc1ccc([C@@]23CC[C@@H](NC(=O)Nc4ccc(OCc5ccccc5)cc4)C[C@@H]2N(C)CC3)cc1OC.O=C(O)C(F)(F)F. The highest BCUT2D eigenvalue weighted by Gasteiger charge is 2.50. The summed E-state index contributed by atoms with van der Waals surface area (Å²) < 4.78 is 48.6. The van der Waals surface area contributed by atoms with Crippen molar-refractivity contribution >= 4 is 17.7 Å². The van der Waals surface area contributed by atoms with Crippen LogP contribution >= 0.6 is 0 Å². The molecule has 2 amide bonds. The number of carbonyl (C=O) groups is 2. The van der Waals surface area contributed by atoms with Crippen LogP contribution in [0.15, 0.2) is 72.8 Å². The molecule has 1 saturated heterocycles. The van der Waals surface area contributed by atoms with Gasteiger partial charge in [0.25, 0.3) is 0 Å². The third-order valence-electron chi connectivity index (χ3n) is 8.42. The van der Waals surface area contributed by atoms with E-state index < -0.39 is 12.1 Å². The largest absolute Gasteiger partial charge is 0.493 e. The Balaban J connectivity index is 0.000000591. The molecule has 5 rings (SSSR count). The maximum Gasteiger partial charge on any atom is 0.490 e. The fraction of sp³-hybridized carbons (Fsp3) is 0.394. The number of carboxylic acids is 1. The molecule has 12 heteroatoms. The number of likely N-dealkylation sites (tertiary alicyclic amines) is 1. The van der Waals surface area contributed by atoms with Crippen LogP contribution in [-0.2, 0) is 16.8 Å². The van der Waals surface area contributed by atoms with Crippen LogP contribution in [0.4, 0.5) is 23.7 Å². The Hall–Kier alpha value is -4.45. The lowest BCUT2D eigenvalue weighted by atomic mass is 9.65. The zero-order chi connectivity index (χ0) is 32.6. The van der Waals surface area contributed by atoms with Gasteiger partial charge in [-0.25, -0.2) is 9.59 Å². The molecule has 45 heavy (non-hydrogen) atoms. The molecular formula is C33H38F3N3O6. The van der Waals surface area contributed by atoms with Gasteiger partial charge in [-0.05, 0) is 86.8 Å². The number of aliphatic carboxylic acids is 1. The standard InChI is InChI=1S/C31H37N3O4.C2HF3O2/c1-34-18-17-31(23-9-14-27(36-2)28(19-23)37-3)16-15-25(20-29(31)34)33-30(35)32-24-10-12-26(13-11-24)38-21-22-7-5-4-6-8-22;3-2(4,5)1(6)7/h4-14,19,25,29H,15-18,20-21H2,1-3H3,(H2,32,33,35);(H,6,7)/t25-,29+,31+;/m1./s1. The maximum atomic E-state index is 12.9. The van der Waals surface area contributed by atoms with E-state index in [4.69, 9.17) is 24.1 Å². The molecule has 0 radical (unpaired) electrons. The van der Waals surface area contributed by atoms with Gasteiger partial charge in [0.15, 0.2) is 11.5 Å². The first-order chi connectivity index (χ1) is 21.4. The minimum atomic E-state index is -5.08. The minimum Gasteiger partial charge on any atom is -0.493 e. The topological polar surface area (TPSA) is 109 Å². The van der Waals surface area contributed by atoms with E-state index in [1.165, 1.54) is 5.56 Å². The van der Waals surface area contributed by atoms with Gasteiger partial charge in [-0.15, -0.1) is 0 Å². The van der Waals surface area contributed by atoms with E-state index in [9.17, 15) is 18.0 Å². The zero-order valence-electron chi connectivity index (χ0n) is 25.4. The Morgan fingerprint density at radius 2 is 1.64 bits per heavy atom. The quantitative estimate of drug-likeness (QED) is 0.271. The van der Waals surface area contributed by atoms with Crippen molar-refractivity contribution in [3.8, 4) is 17.2 Å². The summed E-state index contributed by atoms with van der Waals surface area (Å²) in [5.74, 6) is -0.475. The van der Waals surface area contributed by atoms with E-state index in [0.717, 1.165) is 60.7 Å². The predicted molar refractivity (Wildman–Crippen MR) is 163 cm³/mol. The Morgan fingerprint density at radius 1 is 0.978 bits per heavy atom. The fourth-order valence-electron chi connectivity index (χ4n) is 6.12. The molecule has 2 aliphatic rings. The first-order valence-corrected chi connectivity index (χ1v) is 14.5. The van der Waals surface area contributed by atoms with Gasteiger partial charge in [-0.1, -0.05) is 36.4 Å². The molecule has 3 N–H and O–H groups in total. The molecule has 3 aromatic carbocycles. The number of nitrogens with zero attached hydrogens (tertiary/aromatic N) is 1. The maximum absolute atomic E-state index is 12.9. The highest BCUT2D eigenvalue weighted by molar-refractivity contribution is 5.89. The van der Waals surface area contributed by atoms with Crippen molar-refractivity contribution in [2.24, 2.45) is 0 Å². The molecule has 1 aliphatic heterocycles. The highest BCUT2D eigenvalue weighted by Crippen LogP contribution is 2.49. The van der Waals surface area contributed by atoms with Crippen LogP contribution in [0.5, 0.6) is 17.2 Å². The minimum absolute atomic E-state index is 0.0541. The van der Waals surface area contributed by atoms with E-state index in [1.54, 1.807) is 14.2 Å². The number of hydrogen-bond donors (Lipinski definition) is 3. The van der Waals surface area contributed by atoms with E-state index in [0.29, 0.717) is 12.6 Å². The van der Waals surface area contributed by atoms with Crippen molar-refractivity contribution in [2.45, 2.75) is 56.0 Å². The molecule has 3 aromatic rings. The van der Waals surface area contributed by atoms with Gasteiger partial charge < -0.3 is 34.9 Å². The van der Waals surface area contributed by atoms with Crippen LogP contribution in [0.2, 0.25) is 0 Å². The van der Waals surface area contributed by atoms with Crippen molar-refractivity contribution < 1.29 is 42.1 Å². The number of anilines is 1. The zero-order valence-corrected chi connectivity index (χ0v) is 25.4. The Kier molecular flexibility index (Phi) is 10.8. The Bertz CT molecular complexity index is 1440. The number of rotatable bonds is 8. The van der Waals surface area contributed by atoms with E-state index >= 15 is 0 Å². The van der Waals surface area contributed by atoms with Crippen molar-refractivity contribution in [1.29, 1.82) is 0 Å². The number of likely N-dealkylation sites (N-methyl/N-ethyl adjacent to an activating group) is 1. The number of carbonyl (C=O) groups excluding carboxylic acids is 1. The number of halogens is 3. The smallest absolute Gasteiger partial charge is 0.490 e. The van der Waals surface area contributed by atoms with Crippen LogP contribution in [0, 0.1) is 0 Å². The molecule has 2 fully saturated rings. The molecule has 0 unspecified atom stereocenters. The summed E-state index contributed by atoms with van der Waals surface area (Å²) in [5, 5.41) is 13.3. The second-order valence-corrected chi connectivity index (χ2v) is 11.1. The number of hydrogen-bond acceptors (Lipinski definition) is 6. The van der Waals surface area contributed by atoms with Gasteiger partial charge in [0.2, 0.25) is 0 Å². The van der Waals surface area contributed by atoms with Gasteiger partial charge in [0, 0.05) is 23.2 Å². The van der Waals surface area contributed by atoms with Crippen LogP contribution in [0.25, 0.3) is 0 Å². The van der Waals surface area contributed by atoms with Gasteiger partial charge in [-0.2, -0.15) is 13.2 Å². The number of nitrogens with one attached hydrogen (secondary N) is 2. The summed E-state index contributed by atoms with van der Waals surface area (Å²) >= 11 is 0. The summed E-state index contributed by atoms with van der Waals surface area (Å²) in [6, 6.07) is 24.2. The molecule has 1 heterocycles. The molecule has 0 aromatic heterocycles. The summed E-state index contributed by atoms with van der Waals surface area (Å²) in [5.41, 5.74) is 3.20. The van der Waals surface area contributed by atoms with Crippen molar-refractivity contribution in [2.75, 3.05) is 33.1 Å². The lowest BCUT2D eigenvalue weighted by Gasteiger charge is -2.45. The molecule has 0 spiro atoms. The average molecular weight is 630 g/mol. The number of fused-ring (bicyclic) bond motifs is 1. The number of urea groups is 1. The second kappa shape index (κ2) is 14.6. The number of ether oxygens (including phenoxy) is 3. The monoisotopic (exact) mass is 629 g/mol. The van der Waals surface area contributed by atoms with Crippen LogP contribution in [-0.4, -0.2) is 68.1 Å². The molecular weight excluding hydrogens is 591 g/mol. The molecule has 0 bridgehead atoms. The van der Waals surface area contributed by atoms with E-state index in [1.807, 2.05) is 60.7 Å². The van der Waals surface area contributed by atoms with Crippen molar-refractivity contribution in [3.63, 3.8) is 0 Å². The normalized spacial score (nSPS) is 21.0. The van der Waals surface area contributed by atoms with Crippen LogP contribution in [0.1, 0.15) is 36.8 Å². The summed E-state index contributed by atoms with van der Waals surface area (Å²) in [7, 11) is 5.54. The lowest BCUT2D eigenvalue weighted by molar-refractivity contribution is -0.192. The Morgan fingerprint density at radius 3 is 2.27 bits per heavy atom. The molecule has 9 nitrogen and oxygen atoms in total. The first-order valence-electron chi connectivity index (χ1n) is 14.5.